The van der Waals surface area contributed by atoms with Crippen molar-refractivity contribution in [1.82, 2.24) is 4.57 Å². The summed E-state index contributed by atoms with van der Waals surface area (Å²) in [5.41, 5.74) is 4.77. The Balaban J connectivity index is 1.47. The number of fused-ring (bicyclic) bond motifs is 1. The third-order valence-electron chi connectivity index (χ3n) is 6.43. The number of anilines is 1. The molecule has 37 heavy (non-hydrogen) atoms. The minimum atomic E-state index is -0.858. The van der Waals surface area contributed by atoms with Crippen LogP contribution in [0.5, 0.6) is 5.75 Å². The monoisotopic (exact) mass is 498 g/mol. The lowest BCUT2D eigenvalue weighted by Gasteiger charge is -2.17. The molecule has 1 aromatic heterocycles. The molecule has 2 N–H and O–H groups in total. The Hall–Kier alpha value is -4.06. The van der Waals surface area contributed by atoms with Crippen LogP contribution in [0.25, 0.3) is 10.9 Å². The molecule has 1 heterocycles. The third kappa shape index (κ3) is 6.58. The molecular weight excluding hydrogens is 464 g/mol. The van der Waals surface area contributed by atoms with Crippen LogP contribution in [-0.2, 0) is 11.2 Å². The Morgan fingerprint density at radius 2 is 1.73 bits per heavy atom. The van der Waals surface area contributed by atoms with Gasteiger partial charge in [-0.25, -0.2) is 0 Å². The molecule has 0 aliphatic rings. The predicted molar refractivity (Wildman–Crippen MR) is 147 cm³/mol. The number of ether oxygens (including phenoxy) is 1. The zero-order chi connectivity index (χ0) is 26.4. The fourth-order valence-corrected chi connectivity index (χ4v) is 4.50. The van der Waals surface area contributed by atoms with E-state index in [-0.39, 0.29) is 25.0 Å². The van der Waals surface area contributed by atoms with Crippen LogP contribution in [0.3, 0.4) is 0 Å². The van der Waals surface area contributed by atoms with Gasteiger partial charge in [0.2, 0.25) is 0 Å². The largest absolute Gasteiger partial charge is 0.491 e. The van der Waals surface area contributed by atoms with Gasteiger partial charge in [-0.15, -0.1) is 0 Å². The summed E-state index contributed by atoms with van der Waals surface area (Å²) in [7, 11) is 0. The molecule has 0 spiro atoms. The van der Waals surface area contributed by atoms with Crippen molar-refractivity contribution in [2.45, 2.75) is 46.1 Å². The number of rotatable bonds is 11. The molecule has 0 saturated heterocycles. The molecule has 6 nitrogen and oxygen atoms in total. The van der Waals surface area contributed by atoms with Gasteiger partial charge >= 0.3 is 5.97 Å². The number of carbonyl (C=O) groups is 2. The highest BCUT2D eigenvalue weighted by atomic mass is 16.5. The second kappa shape index (κ2) is 11.8. The zero-order valence-corrected chi connectivity index (χ0v) is 21.6. The van der Waals surface area contributed by atoms with Gasteiger partial charge in [0.05, 0.1) is 18.3 Å². The van der Waals surface area contributed by atoms with Crippen molar-refractivity contribution in [1.29, 1.82) is 0 Å². The van der Waals surface area contributed by atoms with E-state index in [2.05, 4.69) is 61.1 Å². The molecule has 192 valence electrons. The number of carboxylic acid groups (broad SMARTS) is 1. The molecule has 3 aromatic carbocycles. The number of hydrogen-bond acceptors (Lipinski definition) is 3. The Morgan fingerprint density at radius 1 is 0.973 bits per heavy atom. The quantitative estimate of drug-likeness (QED) is 0.219. The minimum absolute atomic E-state index is 0.0379. The number of para-hydroxylation sites is 2. The van der Waals surface area contributed by atoms with E-state index >= 15 is 0 Å². The zero-order valence-electron chi connectivity index (χ0n) is 21.6. The van der Waals surface area contributed by atoms with Gasteiger partial charge in [-0.2, -0.15) is 0 Å². The Kier molecular flexibility index (Phi) is 8.29. The summed E-state index contributed by atoms with van der Waals surface area (Å²) in [6.07, 6.45) is 3.58. The minimum Gasteiger partial charge on any atom is -0.491 e. The van der Waals surface area contributed by atoms with Gasteiger partial charge < -0.3 is 19.7 Å². The van der Waals surface area contributed by atoms with Crippen LogP contribution in [-0.4, -0.2) is 28.2 Å². The fourth-order valence-electron chi connectivity index (χ4n) is 4.50. The summed E-state index contributed by atoms with van der Waals surface area (Å²) < 4.78 is 7.94. The maximum absolute atomic E-state index is 13.0. The Bertz CT molecular complexity index is 1370. The number of benzene rings is 3. The number of hydrogen-bond donors (Lipinski definition) is 2. The molecule has 0 bridgehead atoms. The fraction of sp³-hybridized carbons (Fsp3) is 0.290. The lowest BCUT2D eigenvalue weighted by Crippen LogP contribution is -2.13. The number of carboxylic acids is 1. The number of carbonyl (C=O) groups excluding carboxylic acids is 1. The summed E-state index contributed by atoms with van der Waals surface area (Å²) in [5.74, 6) is 0.0583. The molecule has 0 aliphatic carbocycles. The molecule has 0 aliphatic heterocycles. The van der Waals surface area contributed by atoms with Gasteiger partial charge in [-0.05, 0) is 73.2 Å². The predicted octanol–water partition coefficient (Wildman–Crippen LogP) is 6.95. The molecule has 0 fully saturated rings. The van der Waals surface area contributed by atoms with Crippen molar-refractivity contribution >= 4 is 28.5 Å². The van der Waals surface area contributed by atoms with E-state index in [1.54, 1.807) is 12.1 Å². The van der Waals surface area contributed by atoms with Gasteiger partial charge in [0.15, 0.2) is 0 Å². The van der Waals surface area contributed by atoms with Crippen LogP contribution in [0.1, 0.15) is 61.1 Å². The first-order valence-electron chi connectivity index (χ1n) is 12.8. The van der Waals surface area contributed by atoms with Crippen molar-refractivity contribution in [2.75, 3.05) is 11.9 Å². The number of nitrogens with one attached hydrogen (secondary N) is 1. The van der Waals surface area contributed by atoms with Gasteiger partial charge in [0.25, 0.3) is 5.91 Å². The van der Waals surface area contributed by atoms with Crippen LogP contribution in [0, 0.1) is 5.92 Å². The average molecular weight is 499 g/mol. The van der Waals surface area contributed by atoms with Crippen molar-refractivity contribution in [3.63, 3.8) is 0 Å². The Labute approximate surface area is 217 Å². The van der Waals surface area contributed by atoms with Crippen LogP contribution >= 0.6 is 0 Å². The molecule has 1 amide bonds. The summed E-state index contributed by atoms with van der Waals surface area (Å²) in [6, 6.07) is 23.9. The van der Waals surface area contributed by atoms with Crippen molar-refractivity contribution in [3.05, 3.63) is 95.7 Å². The van der Waals surface area contributed by atoms with Crippen molar-refractivity contribution in [3.8, 4) is 5.75 Å². The van der Waals surface area contributed by atoms with Gasteiger partial charge in [-0.3, -0.25) is 9.59 Å². The summed E-state index contributed by atoms with van der Waals surface area (Å²) >= 11 is 0. The Morgan fingerprint density at radius 3 is 2.46 bits per heavy atom. The van der Waals surface area contributed by atoms with E-state index in [0.29, 0.717) is 29.3 Å². The van der Waals surface area contributed by atoms with E-state index in [1.807, 2.05) is 36.4 Å². The first-order valence-corrected chi connectivity index (χ1v) is 12.8. The standard InChI is InChI=1S/C31H34N2O4/c1-21(2)19-23-10-12-24(13-11-23)22(3)33-17-16-25-20-26(14-15-28(25)33)31(36)32-27-7-4-5-8-29(27)37-18-6-9-30(34)35/h4-5,7-8,10-17,20-22H,6,9,18-19H2,1-3H3,(H,32,36)(H,34,35). The molecule has 0 saturated carbocycles. The van der Waals surface area contributed by atoms with Crippen LogP contribution < -0.4 is 10.1 Å². The van der Waals surface area contributed by atoms with Crippen molar-refractivity contribution < 1.29 is 19.4 Å². The third-order valence-corrected chi connectivity index (χ3v) is 6.43. The molecule has 6 heteroatoms. The number of aromatic nitrogens is 1. The normalized spacial score (nSPS) is 12.0. The van der Waals surface area contributed by atoms with Crippen molar-refractivity contribution in [2.24, 2.45) is 5.92 Å². The summed E-state index contributed by atoms with van der Waals surface area (Å²) in [4.78, 5) is 23.8. The molecular formula is C31H34N2O4. The highest BCUT2D eigenvalue weighted by Gasteiger charge is 2.14. The second-order valence-electron chi connectivity index (χ2n) is 9.81. The lowest BCUT2D eigenvalue weighted by atomic mass is 10.00. The smallest absolute Gasteiger partial charge is 0.303 e. The van der Waals surface area contributed by atoms with E-state index < -0.39 is 5.97 Å². The highest BCUT2D eigenvalue weighted by molar-refractivity contribution is 6.07. The number of nitrogens with zero attached hydrogens (tertiary/aromatic N) is 1. The summed E-state index contributed by atoms with van der Waals surface area (Å²) in [5, 5.41) is 12.7. The molecule has 1 unspecified atom stereocenters. The molecule has 4 rings (SSSR count). The van der Waals surface area contributed by atoms with E-state index in [1.165, 1.54) is 11.1 Å². The second-order valence-corrected chi connectivity index (χ2v) is 9.81. The first kappa shape index (κ1) is 26.0. The summed E-state index contributed by atoms with van der Waals surface area (Å²) in [6.45, 7) is 6.91. The molecule has 4 aromatic rings. The maximum atomic E-state index is 13.0. The highest BCUT2D eigenvalue weighted by Crippen LogP contribution is 2.28. The SMILES string of the molecule is CC(C)Cc1ccc(C(C)n2ccc3cc(C(=O)Nc4ccccc4OCCCC(=O)O)ccc32)cc1. The molecule has 1 atom stereocenters. The van der Waals surface area contributed by atoms with Crippen LogP contribution in [0.4, 0.5) is 5.69 Å². The van der Waals surface area contributed by atoms with Crippen LogP contribution in [0.2, 0.25) is 0 Å². The van der Waals surface area contributed by atoms with Gasteiger partial charge in [0.1, 0.15) is 5.75 Å². The maximum Gasteiger partial charge on any atom is 0.303 e. The number of amides is 1. The lowest BCUT2D eigenvalue weighted by molar-refractivity contribution is -0.137. The van der Waals surface area contributed by atoms with Gasteiger partial charge in [-0.1, -0.05) is 50.2 Å². The van der Waals surface area contributed by atoms with E-state index in [4.69, 9.17) is 9.84 Å². The topological polar surface area (TPSA) is 80.6 Å². The number of aliphatic carboxylic acids is 1. The molecule has 0 radical (unpaired) electrons. The van der Waals surface area contributed by atoms with Crippen LogP contribution in [0.15, 0.2) is 79.0 Å². The first-order chi connectivity index (χ1) is 17.8. The van der Waals surface area contributed by atoms with E-state index in [9.17, 15) is 9.59 Å². The van der Waals surface area contributed by atoms with E-state index in [0.717, 1.165) is 17.3 Å². The van der Waals surface area contributed by atoms with Gasteiger partial charge in [0, 0.05) is 29.1 Å². The average Bonchev–Trinajstić information content (AvgIpc) is 3.30.